The number of amides is 4. The van der Waals surface area contributed by atoms with Crippen molar-refractivity contribution in [2.75, 3.05) is 19.1 Å². The summed E-state index contributed by atoms with van der Waals surface area (Å²) >= 11 is 6.34. The highest BCUT2D eigenvalue weighted by Gasteiger charge is 2.71. The van der Waals surface area contributed by atoms with Crippen molar-refractivity contribution in [3.05, 3.63) is 100 Å². The van der Waals surface area contributed by atoms with Gasteiger partial charge in [0.25, 0.3) is 11.8 Å². The van der Waals surface area contributed by atoms with E-state index in [4.69, 9.17) is 21.4 Å². The number of aliphatic carboxylic acids is 1. The zero-order chi connectivity index (χ0) is 36.9. The van der Waals surface area contributed by atoms with E-state index in [-0.39, 0.29) is 60.4 Å². The van der Waals surface area contributed by atoms with Crippen LogP contribution in [-0.2, 0) is 29.4 Å². The second-order valence-corrected chi connectivity index (χ2v) is 14.2. The second-order valence-electron chi connectivity index (χ2n) is 13.8. The number of unbranched alkanes of at least 4 members (excludes halogenated alkanes) is 2. The van der Waals surface area contributed by atoms with Crippen LogP contribution in [0.5, 0.6) is 11.5 Å². The molecular weight excluding hydrogens is 693 g/mol. The largest absolute Gasteiger partial charge is 0.508 e. The molecule has 11 nitrogen and oxygen atoms in total. The number of halogens is 2. The van der Waals surface area contributed by atoms with E-state index in [9.17, 15) is 28.7 Å². The van der Waals surface area contributed by atoms with Crippen LogP contribution in [0.3, 0.4) is 0 Å². The van der Waals surface area contributed by atoms with Crippen LogP contribution >= 0.6 is 11.6 Å². The number of nitrogens with zero attached hydrogens (tertiary/aromatic N) is 2. The summed E-state index contributed by atoms with van der Waals surface area (Å²) in [5.41, 5.74) is 2.87. The summed E-state index contributed by atoms with van der Waals surface area (Å²) < 4.78 is 19.6. The number of carbonyl (C=O) groups is 5. The molecule has 7 rings (SSSR count). The molecule has 4 aliphatic rings. The number of ether oxygens (including phenoxy) is 1. The molecule has 0 spiro atoms. The lowest BCUT2D eigenvalue weighted by Crippen LogP contribution is -2.53. The number of phenolic OH excluding ortho intramolecular Hbond substituents is 1. The van der Waals surface area contributed by atoms with Crippen LogP contribution in [0, 0.1) is 29.5 Å². The molecule has 13 heteroatoms. The fraction of sp³-hybridized carbons (Fsp3) is 0.359. The number of carbonyl (C=O) groups excluding carboxylic acids is 4. The minimum absolute atomic E-state index is 0.00375. The standard InChI is InChI=1S/C39H37ClFN3O8/c1-52-30-7-5-6-29(45)33(30)34-25-17-18-26-32(37(50)43(35(26)48)19-4-2-3-8-31(46)47)27(25)20-28-36(49)44(42-24-15-13-23(41)14-16-24)38(51)39(28,34)21-9-11-22(40)12-10-21/h5-7,9-17,26-28,32,34,42,45H,2-4,8,18-20H2,1H3,(H,46,47)/t26-,27+,28-,32-,34+,39+/m0/s1. The summed E-state index contributed by atoms with van der Waals surface area (Å²) in [5, 5.41) is 21.9. The molecule has 0 aromatic heterocycles. The Morgan fingerprint density at radius 1 is 0.962 bits per heavy atom. The van der Waals surface area contributed by atoms with Gasteiger partial charge in [-0.1, -0.05) is 47.9 Å². The van der Waals surface area contributed by atoms with Crippen molar-refractivity contribution >= 4 is 46.9 Å². The molecule has 0 unspecified atom stereocenters. The van der Waals surface area contributed by atoms with Crippen LogP contribution in [0.4, 0.5) is 10.1 Å². The first-order valence-electron chi connectivity index (χ1n) is 17.3. The average molecular weight is 730 g/mol. The molecule has 52 heavy (non-hydrogen) atoms. The first-order chi connectivity index (χ1) is 25.0. The summed E-state index contributed by atoms with van der Waals surface area (Å²) in [6.45, 7) is 0.147. The van der Waals surface area contributed by atoms with Crippen LogP contribution in [0.2, 0.25) is 5.02 Å². The van der Waals surface area contributed by atoms with Crippen LogP contribution in [0.25, 0.3) is 0 Å². The molecular formula is C39H37ClFN3O8. The lowest BCUT2D eigenvalue weighted by Gasteiger charge is -2.50. The number of likely N-dealkylation sites (tertiary alicyclic amines) is 1. The number of benzene rings is 3. The molecule has 2 heterocycles. The molecule has 0 radical (unpaired) electrons. The van der Waals surface area contributed by atoms with E-state index >= 15 is 4.79 Å². The number of rotatable bonds is 11. The summed E-state index contributed by atoms with van der Waals surface area (Å²) in [5.74, 6) is -7.50. The third-order valence-corrected chi connectivity index (χ3v) is 11.4. The van der Waals surface area contributed by atoms with Crippen molar-refractivity contribution in [1.29, 1.82) is 0 Å². The molecule has 3 aromatic rings. The van der Waals surface area contributed by atoms with E-state index in [1.165, 1.54) is 42.3 Å². The summed E-state index contributed by atoms with van der Waals surface area (Å²) in [6.07, 6.45) is 3.52. The van der Waals surface area contributed by atoms with Gasteiger partial charge in [0.1, 0.15) is 17.3 Å². The second kappa shape index (κ2) is 13.7. The van der Waals surface area contributed by atoms with Crippen LogP contribution in [0.1, 0.15) is 55.6 Å². The topological polar surface area (TPSA) is 154 Å². The van der Waals surface area contributed by atoms with Gasteiger partial charge in [0.05, 0.1) is 36.0 Å². The molecule has 2 aliphatic carbocycles. The monoisotopic (exact) mass is 729 g/mol. The van der Waals surface area contributed by atoms with E-state index in [0.29, 0.717) is 35.4 Å². The Balaban J connectivity index is 1.37. The molecule has 2 saturated heterocycles. The fourth-order valence-corrected chi connectivity index (χ4v) is 9.10. The third-order valence-electron chi connectivity index (χ3n) is 11.2. The van der Waals surface area contributed by atoms with Crippen molar-refractivity contribution < 1.29 is 43.3 Å². The molecule has 0 bridgehead atoms. The maximum absolute atomic E-state index is 15.2. The number of allylic oxidation sites excluding steroid dienone is 2. The van der Waals surface area contributed by atoms with Gasteiger partial charge in [-0.2, -0.15) is 5.01 Å². The molecule has 4 amide bonds. The Morgan fingerprint density at radius 2 is 1.69 bits per heavy atom. The number of fused-ring (bicyclic) bond motifs is 4. The number of methoxy groups -OCH3 is 1. The van der Waals surface area contributed by atoms with Crippen molar-refractivity contribution in [3.63, 3.8) is 0 Å². The number of nitrogens with one attached hydrogen (secondary N) is 1. The molecule has 270 valence electrons. The summed E-state index contributed by atoms with van der Waals surface area (Å²) in [4.78, 5) is 70.2. The van der Waals surface area contributed by atoms with Gasteiger partial charge < -0.3 is 14.9 Å². The Kier molecular flexibility index (Phi) is 9.28. The number of imide groups is 2. The van der Waals surface area contributed by atoms with Gasteiger partial charge in [0.15, 0.2) is 0 Å². The molecule has 3 aromatic carbocycles. The zero-order valence-corrected chi connectivity index (χ0v) is 29.0. The van der Waals surface area contributed by atoms with E-state index in [0.717, 1.165) is 5.01 Å². The van der Waals surface area contributed by atoms with Crippen molar-refractivity contribution in [1.82, 2.24) is 9.91 Å². The summed E-state index contributed by atoms with van der Waals surface area (Å²) in [6, 6.07) is 16.6. The first kappa shape index (κ1) is 35.2. The lowest BCUT2D eigenvalue weighted by molar-refractivity contribution is -0.141. The molecule has 3 fully saturated rings. The number of hydrogen-bond donors (Lipinski definition) is 3. The van der Waals surface area contributed by atoms with E-state index < -0.39 is 58.6 Å². The predicted molar refractivity (Wildman–Crippen MR) is 187 cm³/mol. The normalized spacial score (nSPS) is 26.5. The number of anilines is 1. The Bertz CT molecular complexity index is 1990. The average Bonchev–Trinajstić information content (AvgIpc) is 3.49. The maximum Gasteiger partial charge on any atom is 0.303 e. The number of hydrogen-bond acceptors (Lipinski definition) is 8. The van der Waals surface area contributed by atoms with Crippen LogP contribution in [-0.4, -0.2) is 63.4 Å². The van der Waals surface area contributed by atoms with E-state index in [1.54, 1.807) is 36.4 Å². The van der Waals surface area contributed by atoms with Gasteiger partial charge in [-0.05, 0) is 85.7 Å². The highest BCUT2D eigenvalue weighted by molar-refractivity contribution is 6.30. The van der Waals surface area contributed by atoms with E-state index in [1.807, 2.05) is 6.08 Å². The highest BCUT2D eigenvalue weighted by atomic mass is 35.5. The molecule has 1 saturated carbocycles. The quantitative estimate of drug-likeness (QED) is 0.126. The molecule has 3 N–H and O–H groups in total. The zero-order valence-electron chi connectivity index (χ0n) is 28.3. The van der Waals surface area contributed by atoms with Gasteiger partial charge in [-0.3, -0.25) is 34.3 Å². The maximum atomic E-state index is 15.2. The first-order valence-corrected chi connectivity index (χ1v) is 17.7. The number of hydrazine groups is 1. The van der Waals surface area contributed by atoms with E-state index in [2.05, 4.69) is 5.43 Å². The van der Waals surface area contributed by atoms with Crippen LogP contribution in [0.15, 0.2) is 78.4 Å². The molecule has 2 aliphatic heterocycles. The van der Waals surface area contributed by atoms with Gasteiger partial charge in [0, 0.05) is 29.5 Å². The number of carboxylic acid groups (broad SMARTS) is 1. The smallest absolute Gasteiger partial charge is 0.303 e. The molecule has 6 atom stereocenters. The Hall–Kier alpha value is -5.23. The number of aromatic hydroxyl groups is 1. The van der Waals surface area contributed by atoms with Crippen molar-refractivity contribution in [2.45, 2.75) is 49.9 Å². The van der Waals surface area contributed by atoms with Crippen molar-refractivity contribution in [3.8, 4) is 11.5 Å². The summed E-state index contributed by atoms with van der Waals surface area (Å²) in [7, 11) is 1.44. The Labute approximate surface area is 304 Å². The SMILES string of the molecule is COc1cccc(O)c1[C@H]1C2=CC[C@@H]3C(=O)N(CCCCCC(=O)O)C(=O)[C@@H]3[C@@H]2C[C@H]2C(=O)N(Nc3ccc(F)cc3)C(=O)[C@@]12c1ccc(Cl)cc1. The fourth-order valence-electron chi connectivity index (χ4n) is 8.98. The predicted octanol–water partition coefficient (Wildman–Crippen LogP) is 5.82. The minimum atomic E-state index is -1.68. The minimum Gasteiger partial charge on any atom is -0.508 e. The van der Waals surface area contributed by atoms with Gasteiger partial charge >= 0.3 is 5.97 Å². The highest BCUT2D eigenvalue weighted by Crippen LogP contribution is 2.65. The Morgan fingerprint density at radius 3 is 2.38 bits per heavy atom. The van der Waals surface area contributed by atoms with Crippen molar-refractivity contribution in [2.24, 2.45) is 23.7 Å². The van der Waals surface area contributed by atoms with Crippen LogP contribution < -0.4 is 10.2 Å². The van der Waals surface area contributed by atoms with Gasteiger partial charge in [-0.15, -0.1) is 0 Å². The number of carboxylic acids is 1. The van der Waals surface area contributed by atoms with Gasteiger partial charge in [-0.25, -0.2) is 4.39 Å². The number of phenols is 1. The third kappa shape index (κ3) is 5.60. The van der Waals surface area contributed by atoms with Gasteiger partial charge in [0.2, 0.25) is 11.8 Å². The lowest BCUT2D eigenvalue weighted by atomic mass is 9.49.